The summed E-state index contributed by atoms with van der Waals surface area (Å²) in [6.07, 6.45) is 1.48. The molecule has 2 amide bonds. The third kappa shape index (κ3) is 3.72. The molecule has 0 atom stereocenters. The second kappa shape index (κ2) is 7.69. The van der Waals surface area contributed by atoms with Gasteiger partial charge in [-0.2, -0.15) is 5.26 Å². The first-order chi connectivity index (χ1) is 11.7. The molecular formula is C18H20ClN3O2. The zero-order valence-electron chi connectivity index (χ0n) is 13.5. The second-order valence-corrected chi connectivity index (χ2v) is 6.40. The maximum Gasteiger partial charge on any atom is 0.320 e. The Kier molecular flexibility index (Phi) is 5.39. The number of allylic oxidation sites excluding steroid dienone is 1. The highest BCUT2D eigenvalue weighted by molar-refractivity contribution is 6.30. The number of hydrogen-bond donors (Lipinski definition) is 0. The summed E-state index contributed by atoms with van der Waals surface area (Å²) >= 11 is 5.92. The molecule has 1 aromatic carbocycles. The van der Waals surface area contributed by atoms with Crippen LogP contribution in [0, 0.1) is 11.3 Å². The first-order valence-corrected chi connectivity index (χ1v) is 8.56. The molecule has 0 spiro atoms. The van der Waals surface area contributed by atoms with E-state index in [1.165, 1.54) is 0 Å². The van der Waals surface area contributed by atoms with E-state index in [0.717, 1.165) is 24.0 Å². The Morgan fingerprint density at radius 2 is 1.62 bits per heavy atom. The van der Waals surface area contributed by atoms with Crippen molar-refractivity contribution in [1.29, 1.82) is 5.26 Å². The van der Waals surface area contributed by atoms with Crippen molar-refractivity contribution < 1.29 is 9.53 Å². The fraction of sp³-hybridized carbons (Fsp3) is 0.444. The lowest BCUT2D eigenvalue weighted by Gasteiger charge is -2.35. The zero-order chi connectivity index (χ0) is 16.9. The number of hydrogen-bond acceptors (Lipinski definition) is 3. The summed E-state index contributed by atoms with van der Waals surface area (Å²) in [6.45, 7) is 3.85. The predicted molar refractivity (Wildman–Crippen MR) is 92.6 cm³/mol. The summed E-state index contributed by atoms with van der Waals surface area (Å²) in [7, 11) is 0. The van der Waals surface area contributed by atoms with Gasteiger partial charge >= 0.3 is 6.03 Å². The van der Waals surface area contributed by atoms with Gasteiger partial charge in [-0.1, -0.05) is 23.7 Å². The summed E-state index contributed by atoms with van der Waals surface area (Å²) in [6, 6.07) is 9.75. The smallest absolute Gasteiger partial charge is 0.320 e. The molecule has 0 aliphatic carbocycles. The van der Waals surface area contributed by atoms with Crippen molar-refractivity contribution in [1.82, 2.24) is 9.80 Å². The van der Waals surface area contributed by atoms with Crippen LogP contribution in [0.2, 0.25) is 5.02 Å². The van der Waals surface area contributed by atoms with E-state index in [2.05, 4.69) is 6.07 Å². The van der Waals surface area contributed by atoms with Crippen molar-refractivity contribution >= 4 is 23.2 Å². The van der Waals surface area contributed by atoms with Crippen LogP contribution in [0.4, 0.5) is 4.79 Å². The van der Waals surface area contributed by atoms with E-state index < -0.39 is 0 Å². The van der Waals surface area contributed by atoms with Gasteiger partial charge in [-0.3, -0.25) is 0 Å². The van der Waals surface area contributed by atoms with Crippen LogP contribution in [-0.4, -0.2) is 55.2 Å². The van der Waals surface area contributed by atoms with E-state index in [0.29, 0.717) is 50.0 Å². The Hall–Kier alpha value is -2.03. The number of benzene rings is 1. The molecule has 0 radical (unpaired) electrons. The number of ether oxygens (including phenoxy) is 1. The number of carbonyl (C=O) groups is 1. The van der Waals surface area contributed by atoms with Gasteiger partial charge in [0.25, 0.3) is 0 Å². The molecule has 0 N–H and O–H groups in total. The molecule has 2 saturated heterocycles. The van der Waals surface area contributed by atoms with E-state index in [9.17, 15) is 10.1 Å². The largest absolute Gasteiger partial charge is 0.378 e. The summed E-state index contributed by atoms with van der Waals surface area (Å²) in [4.78, 5) is 16.2. The Bertz CT molecular complexity index is 662. The van der Waals surface area contributed by atoms with Crippen molar-refractivity contribution in [2.24, 2.45) is 0 Å². The van der Waals surface area contributed by atoms with Gasteiger partial charge in [0.1, 0.15) is 0 Å². The van der Waals surface area contributed by atoms with Gasteiger partial charge in [0.05, 0.1) is 24.9 Å². The molecule has 0 unspecified atom stereocenters. The molecule has 24 heavy (non-hydrogen) atoms. The Balaban J connectivity index is 1.67. The Morgan fingerprint density at radius 1 is 1.04 bits per heavy atom. The van der Waals surface area contributed by atoms with Gasteiger partial charge in [-0.15, -0.1) is 0 Å². The third-order valence-corrected chi connectivity index (χ3v) is 4.77. The van der Waals surface area contributed by atoms with Crippen LogP contribution in [-0.2, 0) is 4.74 Å². The number of carbonyl (C=O) groups excluding carboxylic acids is 1. The minimum Gasteiger partial charge on any atom is -0.378 e. The van der Waals surface area contributed by atoms with E-state index in [4.69, 9.17) is 16.3 Å². The van der Waals surface area contributed by atoms with Crippen molar-refractivity contribution in [2.75, 3.05) is 39.4 Å². The Labute approximate surface area is 147 Å². The second-order valence-electron chi connectivity index (χ2n) is 5.97. The van der Waals surface area contributed by atoms with Crippen LogP contribution in [0.5, 0.6) is 0 Å². The molecule has 0 saturated carbocycles. The first-order valence-electron chi connectivity index (χ1n) is 8.18. The number of likely N-dealkylation sites (tertiary alicyclic amines) is 1. The van der Waals surface area contributed by atoms with Gasteiger partial charge in [0, 0.05) is 31.2 Å². The quantitative estimate of drug-likeness (QED) is 0.735. The van der Waals surface area contributed by atoms with Gasteiger partial charge in [-0.25, -0.2) is 4.79 Å². The number of nitrogens with zero attached hydrogens (tertiary/aromatic N) is 3. The SMILES string of the molecule is N#CC(=C1CCN(C(=O)N2CCOCC2)CC1)c1ccc(Cl)cc1. The number of morpholine rings is 1. The maximum absolute atomic E-state index is 12.5. The molecule has 2 aliphatic rings. The van der Waals surface area contributed by atoms with Crippen molar-refractivity contribution in [3.63, 3.8) is 0 Å². The topological polar surface area (TPSA) is 56.6 Å². The van der Waals surface area contributed by atoms with Gasteiger partial charge in [-0.05, 0) is 36.1 Å². The zero-order valence-corrected chi connectivity index (χ0v) is 14.3. The van der Waals surface area contributed by atoms with Crippen molar-refractivity contribution in [3.8, 4) is 6.07 Å². The number of urea groups is 1. The van der Waals surface area contributed by atoms with Gasteiger partial charge < -0.3 is 14.5 Å². The molecule has 2 heterocycles. The van der Waals surface area contributed by atoms with E-state index in [-0.39, 0.29) is 6.03 Å². The average molecular weight is 346 g/mol. The average Bonchev–Trinajstić information content (AvgIpc) is 2.64. The van der Waals surface area contributed by atoms with Crippen LogP contribution in [0.25, 0.3) is 5.57 Å². The lowest BCUT2D eigenvalue weighted by atomic mass is 9.94. The molecule has 0 aromatic heterocycles. The first kappa shape index (κ1) is 16.8. The molecule has 5 nitrogen and oxygen atoms in total. The summed E-state index contributed by atoms with van der Waals surface area (Å²) in [5, 5.41) is 10.2. The highest BCUT2D eigenvalue weighted by Crippen LogP contribution is 2.27. The number of nitriles is 1. The molecule has 3 rings (SSSR count). The fourth-order valence-corrected chi connectivity index (χ4v) is 3.26. The standard InChI is InChI=1S/C18H20ClN3O2/c19-16-3-1-14(2-4-16)17(13-20)15-5-7-21(8-6-15)18(23)22-9-11-24-12-10-22/h1-4H,5-12H2. The molecule has 6 heteroatoms. The lowest BCUT2D eigenvalue weighted by molar-refractivity contribution is 0.0427. The molecule has 126 valence electrons. The number of piperidine rings is 1. The van der Waals surface area contributed by atoms with Crippen molar-refractivity contribution in [2.45, 2.75) is 12.8 Å². The van der Waals surface area contributed by atoms with Gasteiger partial charge in [0.2, 0.25) is 0 Å². The van der Waals surface area contributed by atoms with E-state index >= 15 is 0 Å². The van der Waals surface area contributed by atoms with Crippen LogP contribution in [0.15, 0.2) is 29.8 Å². The maximum atomic E-state index is 12.5. The fourth-order valence-electron chi connectivity index (χ4n) is 3.14. The highest BCUT2D eigenvalue weighted by atomic mass is 35.5. The summed E-state index contributed by atoms with van der Waals surface area (Å²) in [5.74, 6) is 0. The lowest BCUT2D eigenvalue weighted by Crippen LogP contribution is -2.49. The minimum absolute atomic E-state index is 0.0855. The normalized spacial score (nSPS) is 18.2. The predicted octanol–water partition coefficient (Wildman–Crippen LogP) is 3.17. The van der Waals surface area contributed by atoms with E-state index in [1.54, 1.807) is 12.1 Å². The molecule has 1 aromatic rings. The molecule has 0 bridgehead atoms. The molecular weight excluding hydrogens is 326 g/mol. The molecule has 2 aliphatic heterocycles. The van der Waals surface area contributed by atoms with Crippen LogP contribution in [0.1, 0.15) is 18.4 Å². The van der Waals surface area contributed by atoms with Crippen LogP contribution in [0.3, 0.4) is 0 Å². The third-order valence-electron chi connectivity index (χ3n) is 4.52. The van der Waals surface area contributed by atoms with Gasteiger partial charge in [0.15, 0.2) is 0 Å². The van der Waals surface area contributed by atoms with Crippen LogP contribution < -0.4 is 0 Å². The van der Waals surface area contributed by atoms with Crippen molar-refractivity contribution in [3.05, 3.63) is 40.4 Å². The van der Waals surface area contributed by atoms with Crippen LogP contribution >= 0.6 is 11.6 Å². The number of rotatable bonds is 1. The minimum atomic E-state index is 0.0855. The summed E-state index contributed by atoms with van der Waals surface area (Å²) in [5.41, 5.74) is 2.72. The number of amides is 2. The van der Waals surface area contributed by atoms with E-state index in [1.807, 2.05) is 21.9 Å². The Morgan fingerprint density at radius 3 is 2.21 bits per heavy atom. The molecule has 2 fully saturated rings. The summed E-state index contributed by atoms with van der Waals surface area (Å²) < 4.78 is 5.29. The monoisotopic (exact) mass is 345 g/mol. The highest BCUT2D eigenvalue weighted by Gasteiger charge is 2.26. The number of halogens is 1.